The van der Waals surface area contributed by atoms with Gasteiger partial charge in [0.25, 0.3) is 5.56 Å². The van der Waals surface area contributed by atoms with Gasteiger partial charge in [0.2, 0.25) is 0 Å². The maximum Gasteiger partial charge on any atom is 0.329 e. The van der Waals surface area contributed by atoms with E-state index in [0.29, 0.717) is 18.5 Å². The first-order chi connectivity index (χ1) is 7.11. The van der Waals surface area contributed by atoms with Gasteiger partial charge in [0.15, 0.2) is 0 Å². The molecule has 0 atom stereocenters. The summed E-state index contributed by atoms with van der Waals surface area (Å²) in [6.45, 7) is 4.31. The van der Waals surface area contributed by atoms with Crippen molar-refractivity contribution in [1.82, 2.24) is 9.55 Å². The smallest absolute Gasteiger partial charge is 0.329 e. The zero-order valence-corrected chi connectivity index (χ0v) is 9.17. The highest BCUT2D eigenvalue weighted by Crippen LogP contribution is 2.00. The van der Waals surface area contributed by atoms with Crippen molar-refractivity contribution >= 4 is 5.82 Å². The number of nitrogens with two attached hydrogens (primary N) is 1. The molecule has 0 saturated carbocycles. The highest BCUT2D eigenvalue weighted by atomic mass is 16.2. The molecule has 0 spiro atoms. The predicted octanol–water partition coefficient (Wildman–Crippen LogP) is 0.481. The van der Waals surface area contributed by atoms with Gasteiger partial charge in [0.1, 0.15) is 5.82 Å². The van der Waals surface area contributed by atoms with Gasteiger partial charge in [-0.05, 0) is 12.8 Å². The quantitative estimate of drug-likeness (QED) is 0.760. The largest absolute Gasteiger partial charge is 0.385 e. The minimum absolute atomic E-state index is 0.195. The molecular formula is C10H17N3O2. The summed E-state index contributed by atoms with van der Waals surface area (Å²) in [5.74, 6) is 0.195. The van der Waals surface area contributed by atoms with E-state index in [1.54, 1.807) is 0 Å². The van der Waals surface area contributed by atoms with Crippen LogP contribution < -0.4 is 17.0 Å². The zero-order valence-electron chi connectivity index (χ0n) is 9.17. The van der Waals surface area contributed by atoms with Crippen LogP contribution in [0.3, 0.4) is 0 Å². The Balaban J connectivity index is 3.27. The number of aromatic nitrogens is 2. The number of hydrogen-bond donors (Lipinski definition) is 2. The topological polar surface area (TPSA) is 80.9 Å². The standard InChI is InChI=1S/C10H17N3O2/c1-3-5-6-13-9(14)7(4-2)8(11)12-10(13)15/h3-6,11H2,1-2H3,(H,12,15). The lowest BCUT2D eigenvalue weighted by Gasteiger charge is -2.07. The monoisotopic (exact) mass is 211 g/mol. The molecule has 0 aromatic carbocycles. The molecule has 0 aliphatic carbocycles. The predicted molar refractivity (Wildman–Crippen MR) is 60.0 cm³/mol. The van der Waals surface area contributed by atoms with Crippen LogP contribution in [0.25, 0.3) is 0 Å². The third kappa shape index (κ3) is 2.29. The van der Waals surface area contributed by atoms with Crippen LogP contribution >= 0.6 is 0 Å². The van der Waals surface area contributed by atoms with Gasteiger partial charge in [0, 0.05) is 6.54 Å². The highest BCUT2D eigenvalue weighted by molar-refractivity contribution is 5.36. The lowest BCUT2D eigenvalue weighted by atomic mass is 10.2. The summed E-state index contributed by atoms with van der Waals surface area (Å²) in [4.78, 5) is 25.8. The fourth-order valence-electron chi connectivity index (χ4n) is 1.49. The van der Waals surface area contributed by atoms with Gasteiger partial charge in [0.05, 0.1) is 5.56 Å². The average molecular weight is 211 g/mol. The molecule has 0 aliphatic heterocycles. The first-order valence-corrected chi connectivity index (χ1v) is 5.23. The van der Waals surface area contributed by atoms with E-state index < -0.39 is 5.69 Å². The van der Waals surface area contributed by atoms with Gasteiger partial charge in [-0.25, -0.2) is 4.79 Å². The summed E-state index contributed by atoms with van der Waals surface area (Å²) in [6, 6.07) is 0. The fraction of sp³-hybridized carbons (Fsp3) is 0.600. The van der Waals surface area contributed by atoms with Gasteiger partial charge in [-0.2, -0.15) is 0 Å². The first kappa shape index (κ1) is 11.6. The average Bonchev–Trinajstić information content (AvgIpc) is 2.17. The second-order valence-electron chi connectivity index (χ2n) is 3.49. The van der Waals surface area contributed by atoms with Gasteiger partial charge in [-0.1, -0.05) is 20.3 Å². The van der Waals surface area contributed by atoms with Crippen molar-refractivity contribution in [1.29, 1.82) is 0 Å². The van der Waals surface area contributed by atoms with Gasteiger partial charge >= 0.3 is 5.69 Å². The van der Waals surface area contributed by atoms with E-state index in [9.17, 15) is 9.59 Å². The molecule has 0 aliphatic rings. The third-order valence-corrected chi connectivity index (χ3v) is 2.40. The van der Waals surface area contributed by atoms with Crippen LogP contribution in [0.2, 0.25) is 0 Å². The second-order valence-corrected chi connectivity index (χ2v) is 3.49. The Hall–Kier alpha value is -1.52. The Morgan fingerprint density at radius 2 is 2.00 bits per heavy atom. The van der Waals surface area contributed by atoms with Crippen molar-refractivity contribution in [3.05, 3.63) is 26.4 Å². The van der Waals surface area contributed by atoms with E-state index in [1.807, 2.05) is 13.8 Å². The van der Waals surface area contributed by atoms with Crippen LogP contribution in [-0.4, -0.2) is 9.55 Å². The highest BCUT2D eigenvalue weighted by Gasteiger charge is 2.09. The van der Waals surface area contributed by atoms with E-state index in [4.69, 9.17) is 5.73 Å². The number of aromatic amines is 1. The van der Waals surface area contributed by atoms with Gasteiger partial charge < -0.3 is 5.73 Å². The number of nitrogens with one attached hydrogen (secondary N) is 1. The summed E-state index contributed by atoms with van der Waals surface area (Å²) >= 11 is 0. The summed E-state index contributed by atoms with van der Waals surface area (Å²) in [7, 11) is 0. The molecule has 0 fully saturated rings. The molecule has 1 aromatic rings. The van der Waals surface area contributed by atoms with E-state index >= 15 is 0 Å². The number of nitrogens with zero attached hydrogens (tertiary/aromatic N) is 1. The van der Waals surface area contributed by atoms with E-state index in [2.05, 4.69) is 4.98 Å². The Labute approximate surface area is 87.9 Å². The van der Waals surface area contributed by atoms with Gasteiger partial charge in [-0.15, -0.1) is 0 Å². The molecule has 1 heterocycles. The summed E-state index contributed by atoms with van der Waals surface area (Å²) in [6.07, 6.45) is 2.29. The maximum absolute atomic E-state index is 11.8. The zero-order chi connectivity index (χ0) is 11.4. The lowest BCUT2D eigenvalue weighted by Crippen LogP contribution is -2.38. The fourth-order valence-corrected chi connectivity index (χ4v) is 1.49. The Bertz CT molecular complexity index is 445. The van der Waals surface area contributed by atoms with Crippen LogP contribution in [0.5, 0.6) is 0 Å². The van der Waals surface area contributed by atoms with Crippen LogP contribution in [0.4, 0.5) is 5.82 Å². The molecule has 0 saturated heterocycles. The van der Waals surface area contributed by atoms with Gasteiger partial charge in [-0.3, -0.25) is 14.3 Å². The Morgan fingerprint density at radius 3 is 2.53 bits per heavy atom. The van der Waals surface area contributed by atoms with Crippen molar-refractivity contribution in [3.63, 3.8) is 0 Å². The van der Waals surface area contributed by atoms with E-state index in [-0.39, 0.29) is 11.4 Å². The first-order valence-electron chi connectivity index (χ1n) is 5.23. The molecule has 5 heteroatoms. The van der Waals surface area contributed by atoms with Crippen LogP contribution in [0, 0.1) is 0 Å². The molecule has 1 rings (SSSR count). The molecule has 0 amide bonds. The Morgan fingerprint density at radius 1 is 1.33 bits per heavy atom. The minimum atomic E-state index is -0.414. The number of rotatable bonds is 4. The second kappa shape index (κ2) is 4.82. The lowest BCUT2D eigenvalue weighted by molar-refractivity contribution is 0.579. The molecule has 0 unspecified atom stereocenters. The normalized spacial score (nSPS) is 10.5. The van der Waals surface area contributed by atoms with E-state index in [0.717, 1.165) is 12.8 Å². The summed E-state index contributed by atoms with van der Waals surface area (Å²) in [5, 5.41) is 0. The molecule has 0 radical (unpaired) electrons. The number of anilines is 1. The molecule has 15 heavy (non-hydrogen) atoms. The molecule has 3 N–H and O–H groups in total. The molecule has 1 aromatic heterocycles. The maximum atomic E-state index is 11.8. The molecule has 0 bridgehead atoms. The number of H-pyrrole nitrogens is 1. The number of nitrogen functional groups attached to an aromatic ring is 1. The van der Waals surface area contributed by atoms with Crippen LogP contribution in [0.15, 0.2) is 9.59 Å². The van der Waals surface area contributed by atoms with Crippen LogP contribution in [0.1, 0.15) is 32.3 Å². The van der Waals surface area contributed by atoms with Crippen molar-refractivity contribution < 1.29 is 0 Å². The minimum Gasteiger partial charge on any atom is -0.385 e. The van der Waals surface area contributed by atoms with Crippen LogP contribution in [-0.2, 0) is 13.0 Å². The van der Waals surface area contributed by atoms with Crippen molar-refractivity contribution in [3.8, 4) is 0 Å². The molecule has 5 nitrogen and oxygen atoms in total. The number of hydrogen-bond acceptors (Lipinski definition) is 3. The summed E-state index contributed by atoms with van der Waals surface area (Å²) in [5.41, 5.74) is 5.38. The Kier molecular flexibility index (Phi) is 3.71. The summed E-state index contributed by atoms with van der Waals surface area (Å²) < 4.78 is 1.22. The van der Waals surface area contributed by atoms with Crippen molar-refractivity contribution in [2.24, 2.45) is 0 Å². The van der Waals surface area contributed by atoms with E-state index in [1.165, 1.54) is 4.57 Å². The third-order valence-electron chi connectivity index (χ3n) is 2.40. The number of unbranched alkanes of at least 4 members (excludes halogenated alkanes) is 1. The molecular weight excluding hydrogens is 194 g/mol. The SMILES string of the molecule is CCCCn1c(=O)[nH]c(N)c(CC)c1=O. The van der Waals surface area contributed by atoms with Crippen molar-refractivity contribution in [2.75, 3.05) is 5.73 Å². The molecule has 84 valence electrons. The van der Waals surface area contributed by atoms with Crippen molar-refractivity contribution in [2.45, 2.75) is 39.7 Å².